The van der Waals surface area contributed by atoms with Gasteiger partial charge in [0.15, 0.2) is 0 Å². The number of carbonyl (C=O) groups excluding carboxylic acids is 1. The molecule has 3 rings (SSSR count). The van der Waals surface area contributed by atoms with E-state index in [1.807, 2.05) is 13.0 Å². The van der Waals surface area contributed by atoms with E-state index in [2.05, 4.69) is 0 Å². The highest BCUT2D eigenvalue weighted by molar-refractivity contribution is 7.89. The van der Waals surface area contributed by atoms with Crippen molar-refractivity contribution in [3.05, 3.63) is 71.0 Å². The van der Waals surface area contributed by atoms with E-state index in [4.69, 9.17) is 0 Å². The molecule has 0 spiro atoms. The third kappa shape index (κ3) is 4.31. The topological polar surface area (TPSA) is 57.7 Å². The monoisotopic (exact) mass is 402 g/mol. The van der Waals surface area contributed by atoms with Crippen molar-refractivity contribution >= 4 is 22.0 Å². The average Bonchev–Trinajstić information content (AvgIpc) is 2.67. The third-order valence-corrected chi connectivity index (χ3v) is 6.87. The summed E-state index contributed by atoms with van der Waals surface area (Å²) in [5.74, 6) is -0.650. The van der Waals surface area contributed by atoms with E-state index in [0.29, 0.717) is 29.1 Å². The van der Waals surface area contributed by atoms with Crippen LogP contribution in [0.4, 0.5) is 4.39 Å². The van der Waals surface area contributed by atoms with Crippen molar-refractivity contribution in [1.29, 1.82) is 0 Å². The molecule has 1 aliphatic rings. The molecule has 5 nitrogen and oxygen atoms in total. The summed E-state index contributed by atoms with van der Waals surface area (Å²) < 4.78 is 40.9. The van der Waals surface area contributed by atoms with Crippen molar-refractivity contribution in [2.75, 3.05) is 26.2 Å². The molecule has 1 heterocycles. The van der Waals surface area contributed by atoms with Crippen LogP contribution in [-0.2, 0) is 14.8 Å². The number of benzene rings is 2. The van der Waals surface area contributed by atoms with Crippen LogP contribution in [0.25, 0.3) is 6.08 Å². The molecule has 7 heteroatoms. The van der Waals surface area contributed by atoms with Gasteiger partial charge in [0, 0.05) is 37.8 Å². The lowest BCUT2D eigenvalue weighted by atomic mass is 10.2. The highest BCUT2D eigenvalue weighted by Crippen LogP contribution is 2.22. The number of halogens is 1. The Hall–Kier alpha value is -2.51. The van der Waals surface area contributed by atoms with Gasteiger partial charge in [-0.3, -0.25) is 4.79 Å². The second-order valence-corrected chi connectivity index (χ2v) is 8.76. The van der Waals surface area contributed by atoms with Crippen LogP contribution in [0.15, 0.2) is 53.4 Å². The fourth-order valence-corrected chi connectivity index (χ4v) is 4.88. The van der Waals surface area contributed by atoms with Gasteiger partial charge >= 0.3 is 0 Å². The number of hydrogen-bond donors (Lipinski definition) is 0. The molecule has 28 heavy (non-hydrogen) atoms. The lowest BCUT2D eigenvalue weighted by Gasteiger charge is -2.33. The average molecular weight is 402 g/mol. The molecular formula is C21H23FN2O3S. The van der Waals surface area contributed by atoms with E-state index in [1.165, 1.54) is 22.5 Å². The van der Waals surface area contributed by atoms with Crippen LogP contribution in [0.5, 0.6) is 0 Å². The Morgan fingerprint density at radius 1 is 1.04 bits per heavy atom. The highest BCUT2D eigenvalue weighted by atomic mass is 32.2. The van der Waals surface area contributed by atoms with Crippen LogP contribution in [-0.4, -0.2) is 49.7 Å². The molecule has 1 amide bonds. The van der Waals surface area contributed by atoms with E-state index in [0.717, 1.165) is 5.56 Å². The summed E-state index contributed by atoms with van der Waals surface area (Å²) in [6.07, 6.45) is 2.77. The summed E-state index contributed by atoms with van der Waals surface area (Å²) in [6, 6.07) is 11.5. The molecule has 0 bridgehead atoms. The maximum atomic E-state index is 13.6. The minimum atomic E-state index is -3.59. The summed E-state index contributed by atoms with van der Waals surface area (Å²) in [6.45, 7) is 4.76. The maximum Gasteiger partial charge on any atom is 0.246 e. The molecule has 2 aromatic carbocycles. The van der Waals surface area contributed by atoms with Crippen molar-refractivity contribution in [1.82, 2.24) is 9.21 Å². The first kappa shape index (κ1) is 20.2. The first-order valence-electron chi connectivity index (χ1n) is 9.08. The van der Waals surface area contributed by atoms with E-state index in [1.54, 1.807) is 42.2 Å². The normalized spacial score (nSPS) is 15.9. The lowest BCUT2D eigenvalue weighted by Crippen LogP contribution is -2.50. The molecule has 0 atom stereocenters. The second-order valence-electron chi connectivity index (χ2n) is 6.85. The number of rotatable bonds is 4. The van der Waals surface area contributed by atoms with E-state index >= 15 is 0 Å². The molecule has 0 unspecified atom stereocenters. The van der Waals surface area contributed by atoms with Crippen LogP contribution >= 0.6 is 0 Å². The molecule has 0 aromatic heterocycles. The molecule has 1 aliphatic heterocycles. The number of piperazine rings is 1. The predicted molar refractivity (Wildman–Crippen MR) is 107 cm³/mol. The Balaban J connectivity index is 1.65. The van der Waals surface area contributed by atoms with Gasteiger partial charge in [-0.2, -0.15) is 4.31 Å². The van der Waals surface area contributed by atoms with Gasteiger partial charge in [-0.15, -0.1) is 0 Å². The maximum absolute atomic E-state index is 13.6. The van der Waals surface area contributed by atoms with E-state index in [9.17, 15) is 17.6 Å². The SMILES string of the molecule is Cc1ccc(S(=O)(=O)N2CCN(C(=O)C=Cc3ccccc3F)CC2)c(C)c1. The molecule has 2 aromatic rings. The van der Waals surface area contributed by atoms with Crippen molar-refractivity contribution in [3.8, 4) is 0 Å². The van der Waals surface area contributed by atoms with Gasteiger partial charge in [0.25, 0.3) is 0 Å². The summed E-state index contributed by atoms with van der Waals surface area (Å²) >= 11 is 0. The van der Waals surface area contributed by atoms with Crippen LogP contribution in [0.1, 0.15) is 16.7 Å². The minimum absolute atomic E-state index is 0.231. The Labute approximate surface area is 165 Å². The third-order valence-electron chi connectivity index (χ3n) is 4.81. The minimum Gasteiger partial charge on any atom is -0.337 e. The van der Waals surface area contributed by atoms with Gasteiger partial charge in [0.05, 0.1) is 4.90 Å². The number of amides is 1. The van der Waals surface area contributed by atoms with Gasteiger partial charge in [-0.1, -0.05) is 35.9 Å². The Kier molecular flexibility index (Phi) is 5.96. The summed E-state index contributed by atoms with van der Waals surface area (Å²) in [4.78, 5) is 14.2. The second kappa shape index (κ2) is 8.24. The standard InChI is InChI=1S/C21H23FN2O3S/c1-16-7-9-20(17(2)15-16)28(26,27)24-13-11-23(12-14-24)21(25)10-8-18-5-3-4-6-19(18)22/h3-10,15H,11-14H2,1-2H3. The van der Waals surface area contributed by atoms with Crippen molar-refractivity contribution in [3.63, 3.8) is 0 Å². The van der Waals surface area contributed by atoms with Gasteiger partial charge in [0.2, 0.25) is 15.9 Å². The van der Waals surface area contributed by atoms with Crippen LogP contribution in [0.2, 0.25) is 0 Å². The fraction of sp³-hybridized carbons (Fsp3) is 0.286. The zero-order chi connectivity index (χ0) is 20.3. The smallest absolute Gasteiger partial charge is 0.246 e. The molecule has 148 valence electrons. The van der Waals surface area contributed by atoms with Crippen LogP contribution < -0.4 is 0 Å². The van der Waals surface area contributed by atoms with Gasteiger partial charge in [-0.05, 0) is 37.6 Å². The van der Waals surface area contributed by atoms with E-state index < -0.39 is 15.8 Å². The van der Waals surface area contributed by atoms with Crippen molar-refractivity contribution < 1.29 is 17.6 Å². The van der Waals surface area contributed by atoms with Crippen molar-refractivity contribution in [2.45, 2.75) is 18.7 Å². The molecule has 1 saturated heterocycles. The summed E-state index contributed by atoms with van der Waals surface area (Å²) in [7, 11) is -3.59. The Bertz CT molecular complexity index is 1010. The largest absolute Gasteiger partial charge is 0.337 e. The zero-order valence-corrected chi connectivity index (χ0v) is 16.7. The number of aryl methyl sites for hydroxylation is 2. The number of hydrogen-bond acceptors (Lipinski definition) is 3. The van der Waals surface area contributed by atoms with Gasteiger partial charge < -0.3 is 4.90 Å². The summed E-state index contributed by atoms with van der Waals surface area (Å²) in [5.41, 5.74) is 2.06. The van der Waals surface area contributed by atoms with Crippen LogP contribution in [0, 0.1) is 19.7 Å². The lowest BCUT2D eigenvalue weighted by molar-refractivity contribution is -0.127. The molecule has 1 fully saturated rings. The molecular weight excluding hydrogens is 379 g/mol. The highest BCUT2D eigenvalue weighted by Gasteiger charge is 2.30. The number of nitrogens with zero attached hydrogens (tertiary/aromatic N) is 2. The van der Waals surface area contributed by atoms with E-state index in [-0.39, 0.29) is 19.0 Å². The number of sulfonamides is 1. The number of carbonyl (C=O) groups is 1. The Morgan fingerprint density at radius 2 is 1.71 bits per heavy atom. The predicted octanol–water partition coefficient (Wildman–Crippen LogP) is 2.99. The molecule has 0 radical (unpaired) electrons. The first-order valence-corrected chi connectivity index (χ1v) is 10.5. The van der Waals surface area contributed by atoms with Gasteiger partial charge in [0.1, 0.15) is 5.82 Å². The molecule has 0 N–H and O–H groups in total. The Morgan fingerprint density at radius 3 is 2.36 bits per heavy atom. The van der Waals surface area contributed by atoms with Gasteiger partial charge in [-0.25, -0.2) is 12.8 Å². The molecule has 0 aliphatic carbocycles. The van der Waals surface area contributed by atoms with Crippen molar-refractivity contribution in [2.24, 2.45) is 0 Å². The summed E-state index contributed by atoms with van der Waals surface area (Å²) in [5, 5.41) is 0. The zero-order valence-electron chi connectivity index (χ0n) is 15.9. The molecule has 0 saturated carbocycles. The van der Waals surface area contributed by atoms with Crippen LogP contribution in [0.3, 0.4) is 0 Å². The first-order chi connectivity index (χ1) is 13.3. The fourth-order valence-electron chi connectivity index (χ4n) is 3.25. The quantitative estimate of drug-likeness (QED) is 0.739.